The number of amides is 2. The van der Waals surface area contributed by atoms with Crippen LogP contribution < -0.4 is 20.2 Å². The highest BCUT2D eigenvalue weighted by Crippen LogP contribution is 2.22. The molecule has 1 heterocycles. The van der Waals surface area contributed by atoms with E-state index in [9.17, 15) is 14.4 Å². The minimum atomic E-state index is -0.613. The number of benzene rings is 2. The Bertz CT molecular complexity index is 1280. The van der Waals surface area contributed by atoms with Crippen molar-refractivity contribution >= 4 is 52.1 Å². The van der Waals surface area contributed by atoms with Crippen LogP contribution in [0.5, 0.6) is 11.5 Å². The molecule has 0 aliphatic heterocycles. The van der Waals surface area contributed by atoms with E-state index >= 15 is 0 Å². The van der Waals surface area contributed by atoms with Gasteiger partial charge in [-0.2, -0.15) is 5.10 Å². The molecule has 0 aliphatic carbocycles. The van der Waals surface area contributed by atoms with E-state index in [2.05, 4.69) is 31.8 Å². The standard InChI is InChI=1S/C26H22BrN3O6/c1-34-21-8-4-18(5-9-21)6-12-24(31)28-17-25(32)30-29-16-19-15-20(27)7-11-23(19)36-26(33)13-10-22-3-2-14-35-22/h2-16H,17H2,1H3,(H,28,31)(H,30,32)/b12-6+,13-10+,29-16-. The molecule has 2 amide bonds. The topological polar surface area (TPSA) is 119 Å². The van der Waals surface area contributed by atoms with Crippen molar-refractivity contribution in [1.82, 2.24) is 10.7 Å². The zero-order valence-corrected chi connectivity index (χ0v) is 20.7. The Morgan fingerprint density at radius 3 is 2.58 bits per heavy atom. The van der Waals surface area contributed by atoms with Gasteiger partial charge in [-0.3, -0.25) is 9.59 Å². The van der Waals surface area contributed by atoms with Crippen LogP contribution in [-0.2, 0) is 14.4 Å². The number of esters is 1. The van der Waals surface area contributed by atoms with Crippen LogP contribution in [0, 0.1) is 0 Å². The van der Waals surface area contributed by atoms with E-state index in [4.69, 9.17) is 13.9 Å². The number of hydrazone groups is 1. The smallest absolute Gasteiger partial charge is 0.336 e. The summed E-state index contributed by atoms with van der Waals surface area (Å²) in [5.41, 5.74) is 3.56. The molecule has 0 saturated heterocycles. The van der Waals surface area contributed by atoms with Crippen molar-refractivity contribution in [1.29, 1.82) is 0 Å². The molecule has 0 radical (unpaired) electrons. The van der Waals surface area contributed by atoms with Crippen LogP contribution in [0.25, 0.3) is 12.2 Å². The van der Waals surface area contributed by atoms with Crippen molar-refractivity contribution in [2.24, 2.45) is 5.10 Å². The van der Waals surface area contributed by atoms with E-state index < -0.39 is 17.8 Å². The van der Waals surface area contributed by atoms with Gasteiger partial charge in [0.2, 0.25) is 5.91 Å². The lowest BCUT2D eigenvalue weighted by Crippen LogP contribution is -2.34. The van der Waals surface area contributed by atoms with Crippen LogP contribution in [0.4, 0.5) is 0 Å². The summed E-state index contributed by atoms with van der Waals surface area (Å²) in [6.45, 7) is -0.277. The maximum absolute atomic E-state index is 12.1. The van der Waals surface area contributed by atoms with Crippen molar-refractivity contribution in [2.75, 3.05) is 13.7 Å². The maximum Gasteiger partial charge on any atom is 0.336 e. The van der Waals surface area contributed by atoms with Crippen molar-refractivity contribution in [2.45, 2.75) is 0 Å². The molecule has 0 unspecified atom stereocenters. The van der Waals surface area contributed by atoms with E-state index in [1.165, 1.54) is 30.7 Å². The van der Waals surface area contributed by atoms with Crippen LogP contribution in [0.2, 0.25) is 0 Å². The molecule has 0 bridgehead atoms. The van der Waals surface area contributed by atoms with Crippen LogP contribution >= 0.6 is 15.9 Å². The van der Waals surface area contributed by atoms with Crippen molar-refractivity contribution in [3.8, 4) is 11.5 Å². The molecule has 0 fully saturated rings. The van der Waals surface area contributed by atoms with Gasteiger partial charge in [-0.25, -0.2) is 10.2 Å². The first-order valence-electron chi connectivity index (χ1n) is 10.6. The number of carbonyl (C=O) groups excluding carboxylic acids is 3. The number of nitrogens with zero attached hydrogens (tertiary/aromatic N) is 1. The number of carbonyl (C=O) groups is 3. The molecule has 2 aromatic carbocycles. The number of ether oxygens (including phenoxy) is 2. The fraction of sp³-hybridized carbons (Fsp3) is 0.0769. The summed E-state index contributed by atoms with van der Waals surface area (Å²) < 4.78 is 16.3. The number of furan rings is 1. The highest BCUT2D eigenvalue weighted by molar-refractivity contribution is 9.10. The highest BCUT2D eigenvalue weighted by Gasteiger charge is 2.08. The number of nitrogens with one attached hydrogen (secondary N) is 2. The molecule has 36 heavy (non-hydrogen) atoms. The summed E-state index contributed by atoms with van der Waals surface area (Å²) in [6, 6.07) is 15.5. The second-order valence-corrected chi connectivity index (χ2v) is 7.99. The largest absolute Gasteiger partial charge is 0.497 e. The van der Waals surface area contributed by atoms with Gasteiger partial charge in [0.1, 0.15) is 17.3 Å². The lowest BCUT2D eigenvalue weighted by Gasteiger charge is -2.06. The second-order valence-electron chi connectivity index (χ2n) is 7.07. The van der Waals surface area contributed by atoms with E-state index in [1.807, 2.05) is 0 Å². The Labute approximate surface area is 215 Å². The molecule has 10 heteroatoms. The average Bonchev–Trinajstić information content (AvgIpc) is 3.40. The Morgan fingerprint density at radius 2 is 1.86 bits per heavy atom. The number of hydrogen-bond donors (Lipinski definition) is 2. The molecule has 0 atom stereocenters. The van der Waals surface area contributed by atoms with Crippen LogP contribution in [-0.4, -0.2) is 37.7 Å². The summed E-state index contributed by atoms with van der Waals surface area (Å²) in [5.74, 6) is -0.124. The van der Waals surface area contributed by atoms with E-state index in [0.717, 1.165) is 10.0 Å². The molecule has 0 saturated carbocycles. The highest BCUT2D eigenvalue weighted by atomic mass is 79.9. The normalized spacial score (nSPS) is 11.2. The van der Waals surface area contributed by atoms with Crippen molar-refractivity contribution in [3.05, 3.63) is 94.4 Å². The third-order valence-corrected chi connectivity index (χ3v) is 4.96. The van der Waals surface area contributed by atoms with E-state index in [-0.39, 0.29) is 12.3 Å². The monoisotopic (exact) mass is 551 g/mol. The number of methoxy groups -OCH3 is 1. The van der Waals surface area contributed by atoms with Gasteiger partial charge in [0.25, 0.3) is 5.91 Å². The van der Waals surface area contributed by atoms with Gasteiger partial charge in [0, 0.05) is 22.2 Å². The molecule has 0 spiro atoms. The van der Waals surface area contributed by atoms with Gasteiger partial charge >= 0.3 is 5.97 Å². The summed E-state index contributed by atoms with van der Waals surface area (Å²) in [6.07, 6.45) is 8.47. The van der Waals surface area contributed by atoms with Gasteiger partial charge in [0.05, 0.1) is 26.1 Å². The first kappa shape index (κ1) is 26.2. The first-order chi connectivity index (χ1) is 17.4. The number of halogens is 1. The van der Waals surface area contributed by atoms with Crippen LogP contribution in [0.15, 0.2) is 87.0 Å². The summed E-state index contributed by atoms with van der Waals surface area (Å²) in [4.78, 5) is 36.1. The molecule has 3 aromatic rings. The van der Waals surface area contributed by atoms with Crippen molar-refractivity contribution in [3.63, 3.8) is 0 Å². The van der Waals surface area contributed by atoms with Gasteiger partial charge in [0.15, 0.2) is 0 Å². The molecular weight excluding hydrogens is 530 g/mol. The Hall–Kier alpha value is -4.44. The molecule has 184 valence electrons. The van der Waals surface area contributed by atoms with Gasteiger partial charge in [-0.1, -0.05) is 28.1 Å². The summed E-state index contributed by atoms with van der Waals surface area (Å²) in [7, 11) is 1.57. The molecule has 1 aromatic heterocycles. The SMILES string of the molecule is COc1ccc(/C=C/C(=O)NCC(=O)N/N=C\c2cc(Br)ccc2OC(=O)/C=C/c2ccco2)cc1. The molecule has 2 N–H and O–H groups in total. The zero-order valence-electron chi connectivity index (χ0n) is 19.1. The van der Waals surface area contributed by atoms with Crippen molar-refractivity contribution < 1.29 is 28.3 Å². The predicted molar refractivity (Wildman–Crippen MR) is 138 cm³/mol. The molecule has 3 rings (SSSR count). The van der Waals surface area contributed by atoms with Gasteiger partial charge in [-0.05, 0) is 60.2 Å². The molecule has 9 nitrogen and oxygen atoms in total. The minimum Gasteiger partial charge on any atom is -0.497 e. The maximum atomic E-state index is 12.1. The Morgan fingerprint density at radius 1 is 1.06 bits per heavy atom. The fourth-order valence-electron chi connectivity index (χ4n) is 2.72. The van der Waals surface area contributed by atoms with Gasteiger partial charge < -0.3 is 19.2 Å². The average molecular weight is 552 g/mol. The second kappa shape index (κ2) is 13.4. The van der Waals surface area contributed by atoms with Crippen LogP contribution in [0.3, 0.4) is 0 Å². The number of rotatable bonds is 10. The first-order valence-corrected chi connectivity index (χ1v) is 11.4. The third kappa shape index (κ3) is 8.73. The van der Waals surface area contributed by atoms with Crippen LogP contribution in [0.1, 0.15) is 16.9 Å². The number of hydrogen-bond acceptors (Lipinski definition) is 7. The fourth-order valence-corrected chi connectivity index (χ4v) is 3.10. The third-order valence-electron chi connectivity index (χ3n) is 4.47. The van der Waals surface area contributed by atoms with E-state index in [1.54, 1.807) is 67.8 Å². The quantitative estimate of drug-likeness (QED) is 0.129. The minimum absolute atomic E-state index is 0.238. The Balaban J connectivity index is 1.49. The Kier molecular flexibility index (Phi) is 9.78. The zero-order chi connectivity index (χ0) is 25.8. The summed E-state index contributed by atoms with van der Waals surface area (Å²) in [5, 5.41) is 6.34. The summed E-state index contributed by atoms with van der Waals surface area (Å²) >= 11 is 3.34. The molecule has 0 aliphatic rings. The lowest BCUT2D eigenvalue weighted by atomic mass is 10.2. The van der Waals surface area contributed by atoms with Gasteiger partial charge in [-0.15, -0.1) is 0 Å². The van der Waals surface area contributed by atoms with E-state index in [0.29, 0.717) is 17.1 Å². The molecular formula is C26H22BrN3O6. The lowest BCUT2D eigenvalue weighted by molar-refractivity contribution is -0.129. The predicted octanol–water partition coefficient (Wildman–Crippen LogP) is 3.95.